The van der Waals surface area contributed by atoms with Crippen LogP contribution < -0.4 is 0 Å². The third-order valence-electron chi connectivity index (χ3n) is 10.1. The lowest BCUT2D eigenvalue weighted by Crippen LogP contribution is -2.64. The molecule has 5 rings (SSSR count). The molecule has 4 aliphatic carbocycles. The van der Waals surface area contributed by atoms with Crippen LogP contribution in [-0.2, 0) is 5.60 Å². The van der Waals surface area contributed by atoms with Crippen molar-refractivity contribution >= 4 is 0 Å². The van der Waals surface area contributed by atoms with Crippen molar-refractivity contribution in [2.75, 3.05) is 0 Å². The fourth-order valence-electron chi connectivity index (χ4n) is 8.29. The molecule has 0 spiro atoms. The van der Waals surface area contributed by atoms with Crippen molar-refractivity contribution in [1.29, 1.82) is 0 Å². The van der Waals surface area contributed by atoms with Crippen LogP contribution in [0.25, 0.3) is 0 Å². The van der Waals surface area contributed by atoms with Gasteiger partial charge in [0.2, 0.25) is 0 Å². The number of aromatic nitrogens is 1. The van der Waals surface area contributed by atoms with Gasteiger partial charge in [-0.05, 0) is 87.0 Å². The number of hydrogen-bond donors (Lipinski definition) is 3. The van der Waals surface area contributed by atoms with E-state index in [4.69, 9.17) is 0 Å². The van der Waals surface area contributed by atoms with Gasteiger partial charge in [0.05, 0.1) is 17.3 Å². The van der Waals surface area contributed by atoms with Crippen LogP contribution in [0.4, 0.5) is 0 Å². The molecular formula is C24H35NO3. The summed E-state index contributed by atoms with van der Waals surface area (Å²) in [6.07, 6.45) is 11.6. The van der Waals surface area contributed by atoms with E-state index in [0.717, 1.165) is 50.5 Å². The van der Waals surface area contributed by atoms with Crippen molar-refractivity contribution in [3.05, 3.63) is 30.1 Å². The molecule has 4 aliphatic rings. The lowest BCUT2D eigenvalue weighted by molar-refractivity contribution is -0.238. The molecule has 0 amide bonds. The van der Waals surface area contributed by atoms with E-state index in [1.54, 1.807) is 12.4 Å². The second-order valence-corrected chi connectivity index (χ2v) is 10.8. The van der Waals surface area contributed by atoms with Gasteiger partial charge in [0.1, 0.15) is 0 Å². The molecule has 3 N–H and O–H groups in total. The number of nitrogens with zero attached hydrogens (tertiary/aromatic N) is 1. The van der Waals surface area contributed by atoms with Gasteiger partial charge in [-0.1, -0.05) is 19.9 Å². The van der Waals surface area contributed by atoms with E-state index in [0.29, 0.717) is 24.7 Å². The number of fused-ring (bicyclic) bond motifs is 5. The molecule has 0 radical (unpaired) electrons. The van der Waals surface area contributed by atoms with Crippen LogP contribution in [0, 0.1) is 28.6 Å². The number of hydrogen-bond acceptors (Lipinski definition) is 4. The predicted octanol–water partition coefficient (Wildman–Crippen LogP) is 3.79. The summed E-state index contributed by atoms with van der Waals surface area (Å²) in [6, 6.07) is 3.86. The third kappa shape index (κ3) is 2.20. The van der Waals surface area contributed by atoms with Gasteiger partial charge < -0.3 is 15.3 Å². The summed E-state index contributed by atoms with van der Waals surface area (Å²) >= 11 is 0. The lowest BCUT2D eigenvalue weighted by Gasteiger charge is -2.64. The quantitative estimate of drug-likeness (QED) is 0.688. The smallest absolute Gasteiger partial charge is 0.0993 e. The molecule has 4 heteroatoms. The zero-order chi connectivity index (χ0) is 19.8. The molecule has 1 aromatic rings. The average Bonchev–Trinajstić information content (AvgIpc) is 2.91. The standard InChI is InChI=1S/C24H35NO3/c1-21-9-7-18(26)14-16(21)5-6-20-19(21)8-10-22(2)23(27,11-12-24(20,22)28)17-4-3-13-25-15-17/h3-4,13,15-16,18-20,26-28H,5-12,14H2,1-2H3/t16-,18-,19-,20+,21-,22+,23-,24+/m0/s1. The van der Waals surface area contributed by atoms with Crippen LogP contribution in [0.15, 0.2) is 24.5 Å². The Balaban J connectivity index is 1.52. The number of aliphatic hydroxyl groups excluding tert-OH is 1. The Labute approximate surface area is 168 Å². The summed E-state index contributed by atoms with van der Waals surface area (Å²) in [5.41, 5.74) is -1.31. The first kappa shape index (κ1) is 19.0. The Hall–Kier alpha value is -0.970. The molecule has 0 aromatic carbocycles. The Bertz CT molecular complexity index is 755. The molecule has 1 heterocycles. The van der Waals surface area contributed by atoms with Gasteiger partial charge in [-0.3, -0.25) is 4.98 Å². The van der Waals surface area contributed by atoms with E-state index in [1.165, 1.54) is 0 Å². The van der Waals surface area contributed by atoms with E-state index in [-0.39, 0.29) is 17.4 Å². The largest absolute Gasteiger partial charge is 0.393 e. The minimum Gasteiger partial charge on any atom is -0.393 e. The molecular weight excluding hydrogens is 350 g/mol. The minimum absolute atomic E-state index is 0.145. The van der Waals surface area contributed by atoms with Gasteiger partial charge in [0.15, 0.2) is 0 Å². The van der Waals surface area contributed by atoms with E-state index in [9.17, 15) is 15.3 Å². The fourth-order valence-corrected chi connectivity index (χ4v) is 8.29. The van der Waals surface area contributed by atoms with Gasteiger partial charge >= 0.3 is 0 Å². The maximum atomic E-state index is 12.2. The SMILES string of the molecule is C[C@]12CC[C@H](O)C[C@@H]1CC[C@@H]1[C@@H]2CC[C@@]2(C)[C@@]1(O)CC[C@]2(O)c1cccnc1. The maximum absolute atomic E-state index is 12.2. The fraction of sp³-hybridized carbons (Fsp3) is 0.792. The van der Waals surface area contributed by atoms with Gasteiger partial charge in [-0.15, -0.1) is 0 Å². The van der Waals surface area contributed by atoms with Gasteiger partial charge in [0, 0.05) is 23.4 Å². The van der Waals surface area contributed by atoms with E-state index < -0.39 is 16.6 Å². The summed E-state index contributed by atoms with van der Waals surface area (Å²) in [7, 11) is 0. The Morgan fingerprint density at radius 3 is 2.54 bits per heavy atom. The van der Waals surface area contributed by atoms with Crippen LogP contribution in [0.5, 0.6) is 0 Å². The first-order valence-electron chi connectivity index (χ1n) is 11.3. The minimum atomic E-state index is -1.01. The molecule has 1 aromatic heterocycles. The van der Waals surface area contributed by atoms with Crippen molar-refractivity contribution in [3.8, 4) is 0 Å². The zero-order valence-corrected chi connectivity index (χ0v) is 17.3. The molecule has 0 saturated heterocycles. The molecule has 4 nitrogen and oxygen atoms in total. The molecule has 0 bridgehead atoms. The van der Waals surface area contributed by atoms with Gasteiger partial charge in [0.25, 0.3) is 0 Å². The molecule has 8 atom stereocenters. The number of pyridine rings is 1. The van der Waals surface area contributed by atoms with Crippen molar-refractivity contribution in [1.82, 2.24) is 4.98 Å². The lowest BCUT2D eigenvalue weighted by atomic mass is 9.43. The van der Waals surface area contributed by atoms with Crippen LogP contribution in [-0.4, -0.2) is 32.0 Å². The first-order valence-corrected chi connectivity index (χ1v) is 11.3. The number of aliphatic hydroxyl groups is 3. The van der Waals surface area contributed by atoms with Gasteiger partial charge in [-0.25, -0.2) is 0 Å². The summed E-state index contributed by atoms with van der Waals surface area (Å²) in [5, 5.41) is 34.3. The Morgan fingerprint density at radius 2 is 1.79 bits per heavy atom. The summed E-state index contributed by atoms with van der Waals surface area (Å²) in [5.74, 6) is 1.31. The van der Waals surface area contributed by atoms with E-state index >= 15 is 0 Å². The maximum Gasteiger partial charge on any atom is 0.0993 e. The molecule has 4 saturated carbocycles. The van der Waals surface area contributed by atoms with Crippen molar-refractivity contribution in [3.63, 3.8) is 0 Å². The van der Waals surface area contributed by atoms with E-state index in [1.807, 2.05) is 12.1 Å². The summed E-state index contributed by atoms with van der Waals surface area (Å²) in [4.78, 5) is 4.25. The zero-order valence-electron chi connectivity index (χ0n) is 17.3. The molecule has 0 unspecified atom stereocenters. The monoisotopic (exact) mass is 385 g/mol. The highest BCUT2D eigenvalue weighted by molar-refractivity contribution is 5.30. The molecule has 154 valence electrons. The van der Waals surface area contributed by atoms with Gasteiger partial charge in [-0.2, -0.15) is 0 Å². The van der Waals surface area contributed by atoms with E-state index in [2.05, 4.69) is 18.8 Å². The predicted molar refractivity (Wildman–Crippen MR) is 107 cm³/mol. The van der Waals surface area contributed by atoms with Crippen molar-refractivity contribution in [2.45, 2.75) is 88.9 Å². The Morgan fingerprint density at radius 1 is 0.964 bits per heavy atom. The van der Waals surface area contributed by atoms with Crippen LogP contribution >= 0.6 is 0 Å². The normalized spacial score (nSPS) is 53.2. The second-order valence-electron chi connectivity index (χ2n) is 10.8. The van der Waals surface area contributed by atoms with Crippen LogP contribution in [0.3, 0.4) is 0 Å². The van der Waals surface area contributed by atoms with Crippen molar-refractivity contribution < 1.29 is 15.3 Å². The topological polar surface area (TPSA) is 73.6 Å². The summed E-state index contributed by atoms with van der Waals surface area (Å²) in [6.45, 7) is 4.55. The Kier molecular flexibility index (Phi) is 4.09. The highest BCUT2D eigenvalue weighted by atomic mass is 16.3. The molecule has 4 fully saturated rings. The molecule has 0 aliphatic heterocycles. The highest BCUT2D eigenvalue weighted by Crippen LogP contribution is 2.71. The summed E-state index contributed by atoms with van der Waals surface area (Å²) < 4.78 is 0. The average molecular weight is 386 g/mol. The number of rotatable bonds is 1. The first-order chi connectivity index (χ1) is 13.2. The van der Waals surface area contributed by atoms with Crippen LogP contribution in [0.1, 0.15) is 77.2 Å². The van der Waals surface area contributed by atoms with Crippen molar-refractivity contribution in [2.24, 2.45) is 28.6 Å². The highest BCUT2D eigenvalue weighted by Gasteiger charge is 2.72. The molecule has 28 heavy (non-hydrogen) atoms. The van der Waals surface area contributed by atoms with Crippen LogP contribution in [0.2, 0.25) is 0 Å². The third-order valence-corrected chi connectivity index (χ3v) is 10.1. The second kappa shape index (κ2) is 6.02.